The number of benzene rings is 1. The van der Waals surface area contributed by atoms with Crippen LogP contribution in [0.2, 0.25) is 0 Å². The molecule has 1 aromatic heterocycles. The summed E-state index contributed by atoms with van der Waals surface area (Å²) in [5.74, 6) is 1.73. The maximum absolute atomic E-state index is 4.52. The summed E-state index contributed by atoms with van der Waals surface area (Å²) < 4.78 is 0.998. The standard InChI is InChI=1S/C12H14BrN3S/c1-8(7-17-2)15-12-14-6-9-4-3-5-10(13)11(9)16-12/h3-6,8H,7H2,1-2H3,(H,14,15,16). The quantitative estimate of drug-likeness (QED) is 0.937. The molecule has 2 rings (SSSR count). The van der Waals surface area contributed by atoms with Gasteiger partial charge in [0.15, 0.2) is 0 Å². The lowest BCUT2D eigenvalue weighted by Crippen LogP contribution is -2.19. The van der Waals surface area contributed by atoms with E-state index in [2.05, 4.69) is 44.4 Å². The zero-order chi connectivity index (χ0) is 12.3. The van der Waals surface area contributed by atoms with Gasteiger partial charge in [-0.3, -0.25) is 0 Å². The van der Waals surface area contributed by atoms with E-state index in [0.717, 1.165) is 21.1 Å². The lowest BCUT2D eigenvalue weighted by Gasteiger charge is -2.12. The van der Waals surface area contributed by atoms with Crippen molar-refractivity contribution in [2.45, 2.75) is 13.0 Å². The third-order valence-corrected chi connectivity index (χ3v) is 3.83. The zero-order valence-corrected chi connectivity index (χ0v) is 12.2. The Morgan fingerprint density at radius 1 is 1.47 bits per heavy atom. The first-order valence-electron chi connectivity index (χ1n) is 5.37. The molecule has 0 aliphatic rings. The van der Waals surface area contributed by atoms with Crippen molar-refractivity contribution in [3.8, 4) is 0 Å². The Morgan fingerprint density at radius 3 is 3.06 bits per heavy atom. The highest BCUT2D eigenvalue weighted by Gasteiger charge is 2.05. The van der Waals surface area contributed by atoms with Gasteiger partial charge in [0.1, 0.15) is 0 Å². The molecular weight excluding hydrogens is 298 g/mol. The Balaban J connectivity index is 2.28. The molecule has 0 aliphatic heterocycles. The molecule has 0 radical (unpaired) electrons. The number of aromatic nitrogens is 2. The van der Waals surface area contributed by atoms with Crippen LogP contribution in [0.15, 0.2) is 28.9 Å². The average Bonchev–Trinajstić information content (AvgIpc) is 2.30. The van der Waals surface area contributed by atoms with Crippen molar-refractivity contribution in [2.24, 2.45) is 0 Å². The molecule has 0 spiro atoms. The Labute approximate surface area is 114 Å². The minimum absolute atomic E-state index is 0.366. The number of nitrogens with zero attached hydrogens (tertiary/aromatic N) is 2. The largest absolute Gasteiger partial charge is 0.351 e. The highest BCUT2D eigenvalue weighted by molar-refractivity contribution is 9.10. The number of nitrogens with one attached hydrogen (secondary N) is 1. The fourth-order valence-electron chi connectivity index (χ4n) is 1.60. The van der Waals surface area contributed by atoms with E-state index in [1.165, 1.54) is 0 Å². The molecule has 1 unspecified atom stereocenters. The van der Waals surface area contributed by atoms with Crippen LogP contribution in [-0.4, -0.2) is 28.0 Å². The molecule has 5 heteroatoms. The molecule has 1 atom stereocenters. The molecule has 17 heavy (non-hydrogen) atoms. The van der Waals surface area contributed by atoms with E-state index < -0.39 is 0 Å². The number of anilines is 1. The van der Waals surface area contributed by atoms with Gasteiger partial charge in [-0.1, -0.05) is 12.1 Å². The molecule has 1 aromatic carbocycles. The summed E-state index contributed by atoms with van der Waals surface area (Å²) in [5, 5.41) is 4.34. The van der Waals surface area contributed by atoms with E-state index >= 15 is 0 Å². The number of fused-ring (bicyclic) bond motifs is 1. The van der Waals surface area contributed by atoms with Crippen LogP contribution in [0.5, 0.6) is 0 Å². The summed E-state index contributed by atoms with van der Waals surface area (Å²) in [6, 6.07) is 6.35. The van der Waals surface area contributed by atoms with Crippen LogP contribution >= 0.6 is 27.7 Å². The van der Waals surface area contributed by atoms with E-state index in [0.29, 0.717) is 12.0 Å². The molecule has 1 N–H and O–H groups in total. The number of halogens is 1. The van der Waals surface area contributed by atoms with Crippen LogP contribution in [0.25, 0.3) is 10.9 Å². The van der Waals surface area contributed by atoms with Crippen LogP contribution < -0.4 is 5.32 Å². The third-order valence-electron chi connectivity index (χ3n) is 2.35. The van der Waals surface area contributed by atoms with Crippen molar-refractivity contribution in [3.63, 3.8) is 0 Å². The smallest absolute Gasteiger partial charge is 0.223 e. The second kappa shape index (κ2) is 5.69. The number of hydrogen-bond acceptors (Lipinski definition) is 4. The fraction of sp³-hybridized carbons (Fsp3) is 0.333. The van der Waals surface area contributed by atoms with Crippen LogP contribution in [0.3, 0.4) is 0 Å². The summed E-state index contributed by atoms with van der Waals surface area (Å²) in [4.78, 5) is 8.84. The summed E-state index contributed by atoms with van der Waals surface area (Å²) in [6.45, 7) is 2.13. The van der Waals surface area contributed by atoms with Crippen molar-refractivity contribution in [2.75, 3.05) is 17.3 Å². The highest BCUT2D eigenvalue weighted by Crippen LogP contribution is 2.22. The molecule has 0 saturated carbocycles. The van der Waals surface area contributed by atoms with Crippen molar-refractivity contribution >= 4 is 44.5 Å². The van der Waals surface area contributed by atoms with Gasteiger partial charge >= 0.3 is 0 Å². The topological polar surface area (TPSA) is 37.8 Å². The molecule has 0 aliphatic carbocycles. The normalized spacial score (nSPS) is 12.6. The number of para-hydroxylation sites is 1. The van der Waals surface area contributed by atoms with Gasteiger partial charge in [-0.05, 0) is 35.2 Å². The molecule has 3 nitrogen and oxygen atoms in total. The fourth-order valence-corrected chi connectivity index (χ4v) is 2.65. The van der Waals surface area contributed by atoms with Gasteiger partial charge < -0.3 is 5.32 Å². The first kappa shape index (κ1) is 12.6. The van der Waals surface area contributed by atoms with Gasteiger partial charge in [0.2, 0.25) is 5.95 Å². The summed E-state index contributed by atoms with van der Waals surface area (Å²) in [6.07, 6.45) is 3.94. The van der Waals surface area contributed by atoms with E-state index in [-0.39, 0.29) is 0 Å². The van der Waals surface area contributed by atoms with Gasteiger partial charge in [-0.25, -0.2) is 9.97 Å². The molecular formula is C12H14BrN3S. The maximum Gasteiger partial charge on any atom is 0.223 e. The summed E-state index contributed by atoms with van der Waals surface area (Å²) in [7, 11) is 0. The lowest BCUT2D eigenvalue weighted by atomic mass is 10.2. The number of rotatable bonds is 4. The van der Waals surface area contributed by atoms with Crippen molar-refractivity contribution in [1.82, 2.24) is 9.97 Å². The molecule has 0 fully saturated rings. The Morgan fingerprint density at radius 2 is 2.29 bits per heavy atom. The van der Waals surface area contributed by atoms with Crippen molar-refractivity contribution in [1.29, 1.82) is 0 Å². The van der Waals surface area contributed by atoms with Crippen LogP contribution in [-0.2, 0) is 0 Å². The molecule has 0 bridgehead atoms. The van der Waals surface area contributed by atoms with Gasteiger partial charge in [0.25, 0.3) is 0 Å². The highest BCUT2D eigenvalue weighted by atomic mass is 79.9. The first-order valence-corrected chi connectivity index (χ1v) is 7.56. The minimum Gasteiger partial charge on any atom is -0.351 e. The van der Waals surface area contributed by atoms with Gasteiger partial charge in [0, 0.05) is 27.9 Å². The van der Waals surface area contributed by atoms with E-state index in [4.69, 9.17) is 0 Å². The minimum atomic E-state index is 0.366. The van der Waals surface area contributed by atoms with E-state index in [9.17, 15) is 0 Å². The first-order chi connectivity index (χ1) is 8.20. The predicted molar refractivity (Wildman–Crippen MR) is 78.7 cm³/mol. The lowest BCUT2D eigenvalue weighted by molar-refractivity contribution is 0.891. The molecule has 90 valence electrons. The maximum atomic E-state index is 4.52. The second-order valence-electron chi connectivity index (χ2n) is 3.87. The SMILES string of the molecule is CSCC(C)Nc1ncc2cccc(Br)c2n1. The van der Waals surface area contributed by atoms with Crippen molar-refractivity contribution < 1.29 is 0 Å². The van der Waals surface area contributed by atoms with Crippen LogP contribution in [0.1, 0.15) is 6.92 Å². The van der Waals surface area contributed by atoms with Crippen LogP contribution in [0.4, 0.5) is 5.95 Å². The van der Waals surface area contributed by atoms with Gasteiger partial charge in [-0.15, -0.1) is 0 Å². The van der Waals surface area contributed by atoms with Crippen molar-refractivity contribution in [3.05, 3.63) is 28.9 Å². The molecule has 1 heterocycles. The molecule has 0 saturated heterocycles. The average molecular weight is 312 g/mol. The summed E-state index contributed by atoms with van der Waals surface area (Å²) in [5.41, 5.74) is 0.946. The second-order valence-corrected chi connectivity index (χ2v) is 5.64. The Hall–Kier alpha value is -0.810. The van der Waals surface area contributed by atoms with Gasteiger partial charge in [0.05, 0.1) is 5.52 Å². The third kappa shape index (κ3) is 3.10. The zero-order valence-electron chi connectivity index (χ0n) is 9.77. The summed E-state index contributed by atoms with van der Waals surface area (Å²) >= 11 is 5.31. The molecule has 0 amide bonds. The Bertz CT molecular complexity index is 518. The van der Waals surface area contributed by atoms with Gasteiger partial charge in [-0.2, -0.15) is 11.8 Å². The number of thioether (sulfide) groups is 1. The van der Waals surface area contributed by atoms with Crippen LogP contribution in [0, 0.1) is 0 Å². The van der Waals surface area contributed by atoms with E-state index in [1.807, 2.05) is 36.2 Å². The Kier molecular flexibility index (Phi) is 4.23. The predicted octanol–water partition coefficient (Wildman–Crippen LogP) is 3.56. The van der Waals surface area contributed by atoms with E-state index in [1.54, 1.807) is 0 Å². The number of hydrogen-bond donors (Lipinski definition) is 1. The monoisotopic (exact) mass is 311 g/mol. The molecule has 2 aromatic rings.